The Morgan fingerprint density at radius 3 is 2.09 bits per heavy atom. The molecule has 0 unspecified atom stereocenters. The van der Waals surface area contributed by atoms with E-state index in [2.05, 4.69) is 0 Å². The van der Waals surface area contributed by atoms with Crippen molar-refractivity contribution in [1.29, 1.82) is 0 Å². The van der Waals surface area contributed by atoms with E-state index in [1.165, 1.54) is 24.3 Å². The molecule has 1 amide bonds. The summed E-state index contributed by atoms with van der Waals surface area (Å²) in [5.74, 6) is -1.84. The third-order valence-corrected chi connectivity index (χ3v) is 5.26. The molecule has 0 N–H and O–H groups in total. The standard InChI is InChI=1S/C16H13NO4S/c1-10-3-6-12(7-4-10)22(20,21)17-14-8-5-11(2)9-13(14)15(18)16(17)19/h3-9H,1-2H3. The third kappa shape index (κ3) is 2.03. The van der Waals surface area contributed by atoms with Crippen LogP contribution in [0.2, 0.25) is 0 Å². The van der Waals surface area contributed by atoms with Crippen LogP contribution in [-0.2, 0) is 14.8 Å². The first kappa shape index (κ1) is 14.5. The van der Waals surface area contributed by atoms with Crippen LogP contribution in [0.15, 0.2) is 47.4 Å². The summed E-state index contributed by atoms with van der Waals surface area (Å²) >= 11 is 0. The van der Waals surface area contributed by atoms with Gasteiger partial charge in [-0.1, -0.05) is 29.3 Å². The lowest BCUT2D eigenvalue weighted by Gasteiger charge is -2.17. The Hall–Kier alpha value is -2.47. The third-order valence-electron chi connectivity index (χ3n) is 3.55. The van der Waals surface area contributed by atoms with E-state index in [4.69, 9.17) is 0 Å². The Kier molecular flexibility index (Phi) is 3.14. The summed E-state index contributed by atoms with van der Waals surface area (Å²) in [6.07, 6.45) is 0. The quantitative estimate of drug-likeness (QED) is 0.797. The van der Waals surface area contributed by atoms with Crippen molar-refractivity contribution in [2.45, 2.75) is 18.7 Å². The summed E-state index contributed by atoms with van der Waals surface area (Å²) in [6, 6.07) is 10.8. The number of nitrogens with zero attached hydrogens (tertiary/aromatic N) is 1. The van der Waals surface area contributed by atoms with Crippen LogP contribution < -0.4 is 4.31 Å². The molecule has 0 spiro atoms. The second-order valence-electron chi connectivity index (χ2n) is 5.24. The van der Waals surface area contributed by atoms with Gasteiger partial charge in [0.2, 0.25) is 0 Å². The number of Topliss-reactive ketones (excluding diaryl/α,β-unsaturated/α-hetero) is 1. The molecule has 5 nitrogen and oxygen atoms in total. The molecule has 0 aliphatic carbocycles. The highest BCUT2D eigenvalue weighted by Gasteiger charge is 2.43. The number of carbonyl (C=O) groups excluding carboxylic acids is 2. The summed E-state index contributed by atoms with van der Waals surface area (Å²) in [7, 11) is -4.10. The highest BCUT2D eigenvalue weighted by molar-refractivity contribution is 7.93. The fourth-order valence-electron chi connectivity index (χ4n) is 2.38. The van der Waals surface area contributed by atoms with Gasteiger partial charge >= 0.3 is 5.91 Å². The van der Waals surface area contributed by atoms with Gasteiger partial charge in [0.15, 0.2) is 0 Å². The molecule has 2 aromatic rings. The normalized spacial score (nSPS) is 14.4. The minimum atomic E-state index is -4.10. The molecule has 3 rings (SSSR count). The number of rotatable bonds is 2. The molecule has 1 heterocycles. The van der Waals surface area contributed by atoms with E-state index in [0.29, 0.717) is 4.31 Å². The largest absolute Gasteiger partial charge is 0.313 e. The molecule has 0 saturated carbocycles. The van der Waals surface area contributed by atoms with Crippen LogP contribution in [0.25, 0.3) is 0 Å². The summed E-state index contributed by atoms with van der Waals surface area (Å²) < 4.78 is 26.0. The van der Waals surface area contributed by atoms with Crippen molar-refractivity contribution in [1.82, 2.24) is 0 Å². The molecule has 0 bridgehead atoms. The molecular formula is C16H13NO4S. The van der Waals surface area contributed by atoms with Crippen LogP contribution in [0.4, 0.5) is 5.69 Å². The maximum atomic E-state index is 12.7. The Bertz CT molecular complexity index is 898. The first-order valence-corrected chi connectivity index (χ1v) is 8.07. The maximum Gasteiger partial charge on any atom is 0.313 e. The van der Waals surface area contributed by atoms with Crippen molar-refractivity contribution in [3.63, 3.8) is 0 Å². The van der Waals surface area contributed by atoms with Gasteiger partial charge in [0.1, 0.15) is 0 Å². The van der Waals surface area contributed by atoms with Gasteiger partial charge in [0.25, 0.3) is 15.8 Å². The molecule has 0 saturated heterocycles. The van der Waals surface area contributed by atoms with Crippen LogP contribution in [0.3, 0.4) is 0 Å². The minimum absolute atomic E-state index is 0.0207. The van der Waals surface area contributed by atoms with Crippen LogP contribution in [0, 0.1) is 13.8 Å². The van der Waals surface area contributed by atoms with Gasteiger partial charge in [-0.15, -0.1) is 0 Å². The lowest BCUT2D eigenvalue weighted by atomic mass is 10.1. The van der Waals surface area contributed by atoms with Crippen molar-refractivity contribution >= 4 is 27.4 Å². The first-order valence-electron chi connectivity index (χ1n) is 6.63. The number of benzene rings is 2. The van der Waals surface area contributed by atoms with Crippen LogP contribution in [0.5, 0.6) is 0 Å². The summed E-state index contributed by atoms with van der Waals surface area (Å²) in [5.41, 5.74) is 1.93. The number of sulfonamides is 1. The fraction of sp³-hybridized carbons (Fsp3) is 0.125. The van der Waals surface area contributed by atoms with Crippen molar-refractivity contribution in [3.8, 4) is 0 Å². The van der Waals surface area contributed by atoms with E-state index in [-0.39, 0.29) is 16.1 Å². The van der Waals surface area contributed by atoms with Crippen LogP contribution in [0.1, 0.15) is 21.5 Å². The Morgan fingerprint density at radius 2 is 1.45 bits per heavy atom. The predicted octanol–water partition coefficient (Wildman–Crippen LogP) is 2.22. The molecular weight excluding hydrogens is 302 g/mol. The second-order valence-corrected chi connectivity index (χ2v) is 7.02. The maximum absolute atomic E-state index is 12.7. The number of aryl methyl sites for hydroxylation is 2. The number of fused-ring (bicyclic) bond motifs is 1. The number of hydrogen-bond acceptors (Lipinski definition) is 4. The van der Waals surface area contributed by atoms with Gasteiger partial charge in [-0.2, -0.15) is 4.31 Å². The number of hydrogen-bond donors (Lipinski definition) is 0. The van der Waals surface area contributed by atoms with Crippen molar-refractivity contribution < 1.29 is 18.0 Å². The van der Waals surface area contributed by atoms with E-state index in [1.807, 2.05) is 6.92 Å². The molecule has 0 aromatic heterocycles. The molecule has 0 atom stereocenters. The molecule has 6 heteroatoms. The second kappa shape index (κ2) is 4.78. The Balaban J connectivity index is 2.18. The Morgan fingerprint density at radius 1 is 0.864 bits per heavy atom. The number of ketones is 1. The summed E-state index contributed by atoms with van der Waals surface area (Å²) in [6.45, 7) is 3.61. The fourth-order valence-corrected chi connectivity index (χ4v) is 3.79. The monoisotopic (exact) mass is 315 g/mol. The number of amides is 1. The first-order chi connectivity index (χ1) is 10.3. The highest BCUT2D eigenvalue weighted by atomic mass is 32.2. The van der Waals surface area contributed by atoms with Gasteiger partial charge in [-0.05, 0) is 38.1 Å². The molecule has 2 aromatic carbocycles. The zero-order valence-corrected chi connectivity index (χ0v) is 12.8. The van der Waals surface area contributed by atoms with Gasteiger partial charge in [-0.3, -0.25) is 9.59 Å². The minimum Gasteiger partial charge on any atom is -0.283 e. The molecule has 1 aliphatic rings. The Labute approximate surface area is 128 Å². The van der Waals surface area contributed by atoms with E-state index in [0.717, 1.165) is 11.1 Å². The molecule has 0 radical (unpaired) electrons. The van der Waals surface area contributed by atoms with Gasteiger partial charge in [-0.25, -0.2) is 8.42 Å². The molecule has 112 valence electrons. The topological polar surface area (TPSA) is 71.5 Å². The lowest BCUT2D eigenvalue weighted by Crippen LogP contribution is -2.35. The number of anilines is 1. The van der Waals surface area contributed by atoms with Gasteiger partial charge in [0, 0.05) is 0 Å². The van der Waals surface area contributed by atoms with Crippen molar-refractivity contribution in [2.24, 2.45) is 0 Å². The average molecular weight is 315 g/mol. The zero-order valence-electron chi connectivity index (χ0n) is 12.0. The van der Waals surface area contributed by atoms with E-state index in [9.17, 15) is 18.0 Å². The van der Waals surface area contributed by atoms with E-state index in [1.54, 1.807) is 25.1 Å². The smallest absolute Gasteiger partial charge is 0.283 e. The number of carbonyl (C=O) groups is 2. The van der Waals surface area contributed by atoms with Crippen molar-refractivity contribution in [2.75, 3.05) is 4.31 Å². The van der Waals surface area contributed by atoms with Crippen LogP contribution >= 0.6 is 0 Å². The lowest BCUT2D eigenvalue weighted by molar-refractivity contribution is -0.113. The van der Waals surface area contributed by atoms with Crippen LogP contribution in [-0.4, -0.2) is 20.1 Å². The highest BCUT2D eigenvalue weighted by Crippen LogP contribution is 2.34. The summed E-state index contributed by atoms with van der Waals surface area (Å²) in [5, 5.41) is 0. The average Bonchev–Trinajstić information content (AvgIpc) is 2.72. The van der Waals surface area contributed by atoms with Crippen molar-refractivity contribution in [3.05, 3.63) is 59.2 Å². The van der Waals surface area contributed by atoms with Gasteiger partial charge in [0.05, 0.1) is 16.1 Å². The summed E-state index contributed by atoms with van der Waals surface area (Å²) in [4.78, 5) is 24.2. The van der Waals surface area contributed by atoms with E-state index < -0.39 is 21.7 Å². The molecule has 0 fully saturated rings. The molecule has 1 aliphatic heterocycles. The molecule has 22 heavy (non-hydrogen) atoms. The van der Waals surface area contributed by atoms with E-state index >= 15 is 0 Å². The zero-order chi connectivity index (χ0) is 16.1. The predicted molar refractivity (Wildman–Crippen MR) is 81.4 cm³/mol. The SMILES string of the molecule is Cc1ccc(S(=O)(=O)N2C(=O)C(=O)c3cc(C)ccc32)cc1. The van der Waals surface area contributed by atoms with Gasteiger partial charge < -0.3 is 0 Å².